The molecule has 2 aromatic carbocycles. The molecule has 4 heteroatoms. The zero-order valence-electron chi connectivity index (χ0n) is 12.7. The van der Waals surface area contributed by atoms with E-state index in [0.29, 0.717) is 0 Å². The highest BCUT2D eigenvalue weighted by molar-refractivity contribution is 5.67. The second-order valence-corrected chi connectivity index (χ2v) is 4.96. The van der Waals surface area contributed by atoms with Crippen LogP contribution in [0.5, 0.6) is 0 Å². The van der Waals surface area contributed by atoms with Crippen LogP contribution in [0.15, 0.2) is 48.5 Å². The Balaban J connectivity index is 2.09. The van der Waals surface area contributed by atoms with Gasteiger partial charge in [-0.05, 0) is 28.3 Å². The molecule has 4 nitrogen and oxygen atoms in total. The fraction of sp³-hybridized carbons (Fsp3) is 0.222. The quantitative estimate of drug-likeness (QED) is 0.793. The molecule has 114 valence electrons. The maximum absolute atomic E-state index is 10.9. The van der Waals surface area contributed by atoms with Gasteiger partial charge in [-0.2, -0.15) is 0 Å². The van der Waals surface area contributed by atoms with Crippen molar-refractivity contribution in [2.24, 2.45) is 0 Å². The van der Waals surface area contributed by atoms with E-state index in [0.717, 1.165) is 22.3 Å². The van der Waals surface area contributed by atoms with E-state index in [4.69, 9.17) is 9.47 Å². The van der Waals surface area contributed by atoms with E-state index in [1.807, 2.05) is 48.5 Å². The maximum Gasteiger partial charge on any atom is 0.302 e. The summed E-state index contributed by atoms with van der Waals surface area (Å²) in [5.74, 6) is -0.581. The molecule has 0 amide bonds. The molecule has 0 aliphatic heterocycles. The minimum Gasteiger partial charge on any atom is -0.461 e. The van der Waals surface area contributed by atoms with Crippen molar-refractivity contribution in [1.29, 1.82) is 0 Å². The molecule has 0 bridgehead atoms. The van der Waals surface area contributed by atoms with Crippen LogP contribution in [0.25, 0.3) is 11.1 Å². The number of carbonyl (C=O) groups excluding carboxylic acids is 2. The third kappa shape index (κ3) is 4.74. The number of carbonyl (C=O) groups is 2. The Morgan fingerprint density at radius 3 is 1.95 bits per heavy atom. The molecule has 0 saturated carbocycles. The summed E-state index contributed by atoms with van der Waals surface area (Å²) in [5.41, 5.74) is 3.98. The Morgan fingerprint density at radius 2 is 1.36 bits per heavy atom. The summed E-state index contributed by atoms with van der Waals surface area (Å²) in [6.07, 6.45) is 0. The highest BCUT2D eigenvalue weighted by Crippen LogP contribution is 2.21. The summed E-state index contributed by atoms with van der Waals surface area (Å²) >= 11 is 0. The normalized spacial score (nSPS) is 10.1. The number of benzene rings is 2. The molecule has 0 heterocycles. The van der Waals surface area contributed by atoms with Gasteiger partial charge in [-0.1, -0.05) is 42.5 Å². The molecule has 2 aromatic rings. The van der Waals surface area contributed by atoms with Gasteiger partial charge >= 0.3 is 11.9 Å². The fourth-order valence-corrected chi connectivity index (χ4v) is 2.00. The predicted octanol–water partition coefficient (Wildman–Crippen LogP) is 3.48. The minimum atomic E-state index is -0.291. The van der Waals surface area contributed by atoms with E-state index in [1.165, 1.54) is 13.8 Å². The molecule has 0 unspecified atom stereocenters. The lowest BCUT2D eigenvalue weighted by Gasteiger charge is -2.07. The van der Waals surface area contributed by atoms with Gasteiger partial charge in [-0.25, -0.2) is 0 Å². The summed E-state index contributed by atoms with van der Waals surface area (Å²) in [5, 5.41) is 0. The highest BCUT2D eigenvalue weighted by Gasteiger charge is 2.02. The number of esters is 2. The number of rotatable bonds is 5. The van der Waals surface area contributed by atoms with Crippen LogP contribution in [0.4, 0.5) is 0 Å². The molecule has 22 heavy (non-hydrogen) atoms. The molecule has 0 fully saturated rings. The third-order valence-corrected chi connectivity index (χ3v) is 3.10. The van der Waals surface area contributed by atoms with Gasteiger partial charge in [-0.3, -0.25) is 9.59 Å². The van der Waals surface area contributed by atoms with Crippen LogP contribution >= 0.6 is 0 Å². The number of hydrogen-bond donors (Lipinski definition) is 0. The van der Waals surface area contributed by atoms with Crippen LogP contribution < -0.4 is 0 Å². The van der Waals surface area contributed by atoms with E-state index < -0.39 is 0 Å². The lowest BCUT2D eigenvalue weighted by Crippen LogP contribution is -1.99. The van der Waals surface area contributed by atoms with Gasteiger partial charge in [0.2, 0.25) is 0 Å². The van der Waals surface area contributed by atoms with Crippen molar-refractivity contribution >= 4 is 11.9 Å². The zero-order chi connectivity index (χ0) is 15.9. The first-order valence-electron chi connectivity index (χ1n) is 6.99. The van der Waals surface area contributed by atoms with Gasteiger partial charge < -0.3 is 9.47 Å². The summed E-state index contributed by atoms with van der Waals surface area (Å²) in [4.78, 5) is 21.7. The average molecular weight is 298 g/mol. The number of hydrogen-bond acceptors (Lipinski definition) is 4. The van der Waals surface area contributed by atoms with Crippen LogP contribution in [0.3, 0.4) is 0 Å². The van der Waals surface area contributed by atoms with Gasteiger partial charge in [0.15, 0.2) is 0 Å². The first kappa shape index (κ1) is 15.8. The van der Waals surface area contributed by atoms with Crippen LogP contribution in [0.2, 0.25) is 0 Å². The number of ether oxygens (including phenoxy) is 2. The van der Waals surface area contributed by atoms with Gasteiger partial charge in [0, 0.05) is 13.8 Å². The monoisotopic (exact) mass is 298 g/mol. The van der Waals surface area contributed by atoms with Crippen LogP contribution in [0, 0.1) is 0 Å². The van der Waals surface area contributed by atoms with Crippen molar-refractivity contribution in [1.82, 2.24) is 0 Å². The van der Waals surface area contributed by atoms with Crippen molar-refractivity contribution in [2.45, 2.75) is 27.1 Å². The lowest BCUT2D eigenvalue weighted by molar-refractivity contribution is -0.143. The van der Waals surface area contributed by atoms with Crippen molar-refractivity contribution in [3.8, 4) is 11.1 Å². The van der Waals surface area contributed by atoms with Crippen LogP contribution in [0.1, 0.15) is 25.0 Å². The molecule has 0 aromatic heterocycles. The maximum atomic E-state index is 10.9. The summed E-state index contributed by atoms with van der Waals surface area (Å²) in [7, 11) is 0. The molecule has 0 aliphatic carbocycles. The Morgan fingerprint density at radius 1 is 0.773 bits per heavy atom. The molecular weight excluding hydrogens is 280 g/mol. The molecule has 0 spiro atoms. The summed E-state index contributed by atoms with van der Waals surface area (Å²) < 4.78 is 9.96. The van der Waals surface area contributed by atoms with E-state index in [-0.39, 0.29) is 25.2 Å². The molecule has 0 atom stereocenters. The first-order valence-corrected chi connectivity index (χ1v) is 6.99. The lowest BCUT2D eigenvalue weighted by atomic mass is 10.0. The fourth-order valence-electron chi connectivity index (χ4n) is 2.00. The Bertz CT molecular complexity index is 659. The first-order chi connectivity index (χ1) is 10.5. The smallest absolute Gasteiger partial charge is 0.302 e. The molecule has 0 N–H and O–H groups in total. The summed E-state index contributed by atoms with van der Waals surface area (Å²) in [6.45, 7) is 3.34. The third-order valence-electron chi connectivity index (χ3n) is 3.10. The average Bonchev–Trinajstić information content (AvgIpc) is 2.52. The summed E-state index contributed by atoms with van der Waals surface area (Å²) in [6, 6.07) is 15.6. The van der Waals surface area contributed by atoms with Gasteiger partial charge in [0.25, 0.3) is 0 Å². The Labute approximate surface area is 129 Å². The topological polar surface area (TPSA) is 52.6 Å². The van der Waals surface area contributed by atoms with Crippen molar-refractivity contribution in [2.75, 3.05) is 0 Å². The standard InChI is InChI=1S/C18H18O4/c1-13(19)21-11-15-6-8-17(9-7-15)18-5-3-4-16(10-18)12-22-14(2)20/h3-10H,11-12H2,1-2H3. The van der Waals surface area contributed by atoms with Gasteiger partial charge in [0.05, 0.1) is 0 Å². The van der Waals surface area contributed by atoms with Gasteiger partial charge in [0.1, 0.15) is 13.2 Å². The highest BCUT2D eigenvalue weighted by atomic mass is 16.5. The van der Waals surface area contributed by atoms with Gasteiger partial charge in [-0.15, -0.1) is 0 Å². The second kappa shape index (κ2) is 7.41. The van der Waals surface area contributed by atoms with E-state index in [1.54, 1.807) is 0 Å². The Kier molecular flexibility index (Phi) is 5.31. The van der Waals surface area contributed by atoms with Crippen LogP contribution in [-0.4, -0.2) is 11.9 Å². The van der Waals surface area contributed by atoms with Crippen molar-refractivity contribution in [3.05, 3.63) is 59.7 Å². The molecule has 2 rings (SSSR count). The minimum absolute atomic E-state index is 0.272. The molecule has 0 saturated heterocycles. The SMILES string of the molecule is CC(=O)OCc1ccc(-c2cccc(COC(C)=O)c2)cc1. The zero-order valence-corrected chi connectivity index (χ0v) is 12.7. The Hall–Kier alpha value is -2.62. The molecular formula is C18H18O4. The molecule has 0 radical (unpaired) electrons. The van der Waals surface area contributed by atoms with Crippen molar-refractivity contribution in [3.63, 3.8) is 0 Å². The second-order valence-electron chi connectivity index (χ2n) is 4.96. The largest absolute Gasteiger partial charge is 0.461 e. The van der Waals surface area contributed by atoms with E-state index in [2.05, 4.69) is 0 Å². The van der Waals surface area contributed by atoms with Crippen LogP contribution in [-0.2, 0) is 32.3 Å². The van der Waals surface area contributed by atoms with E-state index >= 15 is 0 Å². The predicted molar refractivity (Wildman–Crippen MR) is 82.8 cm³/mol. The van der Waals surface area contributed by atoms with E-state index in [9.17, 15) is 9.59 Å². The molecule has 0 aliphatic rings. The van der Waals surface area contributed by atoms with Crippen molar-refractivity contribution < 1.29 is 19.1 Å².